The minimum atomic E-state index is -0.0977. The van der Waals surface area contributed by atoms with Crippen LogP contribution in [-0.2, 0) is 4.79 Å². The number of hydrogen-bond donors (Lipinski definition) is 2. The first-order valence-electron chi connectivity index (χ1n) is 6.73. The van der Waals surface area contributed by atoms with E-state index in [1.165, 1.54) is 0 Å². The summed E-state index contributed by atoms with van der Waals surface area (Å²) in [7, 11) is 0. The van der Waals surface area contributed by atoms with Crippen molar-refractivity contribution in [3.8, 4) is 5.75 Å². The Hall–Kier alpha value is -1.71. The third kappa shape index (κ3) is 4.81. The molecule has 3 N–H and O–H groups in total. The molecule has 0 saturated heterocycles. The van der Waals surface area contributed by atoms with E-state index in [0.29, 0.717) is 11.4 Å². The molecule has 0 spiro atoms. The van der Waals surface area contributed by atoms with Crippen LogP contribution in [0.3, 0.4) is 0 Å². The highest BCUT2D eigenvalue weighted by Crippen LogP contribution is 2.24. The zero-order valence-electron chi connectivity index (χ0n) is 12.2. The van der Waals surface area contributed by atoms with E-state index in [4.69, 9.17) is 10.5 Å². The molecule has 0 saturated carbocycles. The largest absolute Gasteiger partial charge is 0.483 e. The van der Waals surface area contributed by atoms with Crippen LogP contribution >= 0.6 is 0 Å². The van der Waals surface area contributed by atoms with Gasteiger partial charge >= 0.3 is 0 Å². The number of amides is 1. The Morgan fingerprint density at radius 2 is 2.05 bits per heavy atom. The van der Waals surface area contributed by atoms with Crippen molar-refractivity contribution in [3.63, 3.8) is 0 Å². The number of aryl methyl sites for hydroxylation is 2. The van der Waals surface area contributed by atoms with Gasteiger partial charge < -0.3 is 15.8 Å². The number of carbonyl (C=O) groups excluding carboxylic acids is 1. The smallest absolute Gasteiger partial charge is 0.258 e. The normalized spacial score (nSPS) is 12.0. The summed E-state index contributed by atoms with van der Waals surface area (Å²) < 4.78 is 5.52. The molecule has 0 bridgehead atoms. The van der Waals surface area contributed by atoms with Crippen LogP contribution in [0.4, 0.5) is 5.69 Å². The summed E-state index contributed by atoms with van der Waals surface area (Å²) in [5.74, 6) is 0.570. The van der Waals surface area contributed by atoms with E-state index in [1.54, 1.807) is 6.07 Å². The molecule has 1 amide bonds. The highest BCUT2D eigenvalue weighted by Gasteiger charge is 2.09. The van der Waals surface area contributed by atoms with Gasteiger partial charge in [0.15, 0.2) is 6.61 Å². The van der Waals surface area contributed by atoms with Crippen LogP contribution < -0.4 is 15.8 Å². The van der Waals surface area contributed by atoms with Crippen molar-refractivity contribution in [1.29, 1.82) is 0 Å². The number of rotatable bonds is 6. The van der Waals surface area contributed by atoms with Gasteiger partial charge in [-0.3, -0.25) is 4.79 Å². The number of ether oxygens (including phenoxy) is 1. The second kappa shape index (κ2) is 7.02. The molecule has 0 aromatic heterocycles. The molecule has 0 heterocycles. The highest BCUT2D eigenvalue weighted by atomic mass is 16.5. The number of nitrogens with one attached hydrogen (secondary N) is 1. The molecule has 0 fully saturated rings. The summed E-state index contributed by atoms with van der Waals surface area (Å²) in [6.45, 7) is 8.01. The van der Waals surface area contributed by atoms with Crippen molar-refractivity contribution in [2.45, 2.75) is 46.6 Å². The molecule has 0 radical (unpaired) electrons. The Bertz CT molecular complexity index is 444. The molecule has 1 rings (SSSR count). The maximum atomic E-state index is 11.7. The third-order valence-electron chi connectivity index (χ3n) is 3.05. The van der Waals surface area contributed by atoms with Crippen LogP contribution in [0.25, 0.3) is 0 Å². The predicted molar refractivity (Wildman–Crippen MR) is 78.3 cm³/mol. The van der Waals surface area contributed by atoms with Gasteiger partial charge in [0.25, 0.3) is 5.91 Å². The zero-order chi connectivity index (χ0) is 14.4. The van der Waals surface area contributed by atoms with Crippen molar-refractivity contribution < 1.29 is 9.53 Å². The summed E-state index contributed by atoms with van der Waals surface area (Å²) in [6.07, 6.45) is 2.03. The van der Waals surface area contributed by atoms with Crippen LogP contribution in [0.5, 0.6) is 5.75 Å². The molecule has 0 aliphatic heterocycles. The Labute approximate surface area is 115 Å². The molecule has 106 valence electrons. The average Bonchev–Trinajstić information content (AvgIpc) is 2.32. The summed E-state index contributed by atoms with van der Waals surface area (Å²) in [6, 6.07) is 3.92. The molecule has 0 aliphatic rings. The Balaban J connectivity index is 2.53. The second-order valence-electron chi connectivity index (χ2n) is 5.02. The number of carbonyl (C=O) groups is 1. The van der Waals surface area contributed by atoms with Gasteiger partial charge in [-0.05, 0) is 38.3 Å². The van der Waals surface area contributed by atoms with E-state index in [-0.39, 0.29) is 18.6 Å². The molecule has 1 atom stereocenters. The first-order valence-corrected chi connectivity index (χ1v) is 6.73. The van der Waals surface area contributed by atoms with Crippen LogP contribution in [0.15, 0.2) is 12.1 Å². The molecule has 1 unspecified atom stereocenters. The molecule has 19 heavy (non-hydrogen) atoms. The summed E-state index contributed by atoms with van der Waals surface area (Å²) in [5.41, 5.74) is 8.52. The van der Waals surface area contributed by atoms with Crippen molar-refractivity contribution in [3.05, 3.63) is 23.3 Å². The minimum Gasteiger partial charge on any atom is -0.483 e. The Morgan fingerprint density at radius 3 is 2.68 bits per heavy atom. The number of nitrogen functional groups attached to an aromatic ring is 1. The molecule has 4 heteroatoms. The first-order chi connectivity index (χ1) is 8.93. The van der Waals surface area contributed by atoms with E-state index in [2.05, 4.69) is 12.2 Å². The van der Waals surface area contributed by atoms with Gasteiger partial charge in [0.05, 0.1) is 0 Å². The molecule has 1 aromatic rings. The zero-order valence-corrected chi connectivity index (χ0v) is 12.2. The number of benzene rings is 1. The Morgan fingerprint density at radius 1 is 1.37 bits per heavy atom. The molecular weight excluding hydrogens is 240 g/mol. The lowest BCUT2D eigenvalue weighted by Gasteiger charge is -2.14. The van der Waals surface area contributed by atoms with E-state index < -0.39 is 0 Å². The number of nitrogens with two attached hydrogens (primary N) is 1. The molecule has 0 aliphatic carbocycles. The standard InChI is InChI=1S/C15H24N2O2/c1-5-6-12(4)17-15(18)9-19-14-8-13(16)10(2)7-11(14)3/h7-8,12H,5-6,9,16H2,1-4H3,(H,17,18). The maximum Gasteiger partial charge on any atom is 0.258 e. The SMILES string of the molecule is CCCC(C)NC(=O)COc1cc(N)c(C)cc1C. The molecule has 4 nitrogen and oxygen atoms in total. The van der Waals surface area contributed by atoms with E-state index in [0.717, 1.165) is 24.0 Å². The van der Waals surface area contributed by atoms with Crippen molar-refractivity contribution >= 4 is 11.6 Å². The van der Waals surface area contributed by atoms with E-state index in [9.17, 15) is 4.79 Å². The van der Waals surface area contributed by atoms with Crippen LogP contribution in [0, 0.1) is 13.8 Å². The lowest BCUT2D eigenvalue weighted by molar-refractivity contribution is -0.123. The van der Waals surface area contributed by atoms with Gasteiger partial charge in [-0.1, -0.05) is 19.4 Å². The van der Waals surface area contributed by atoms with Crippen molar-refractivity contribution in [1.82, 2.24) is 5.32 Å². The second-order valence-corrected chi connectivity index (χ2v) is 5.02. The average molecular weight is 264 g/mol. The van der Waals surface area contributed by atoms with Crippen molar-refractivity contribution in [2.75, 3.05) is 12.3 Å². The van der Waals surface area contributed by atoms with Crippen LogP contribution in [0.2, 0.25) is 0 Å². The lowest BCUT2D eigenvalue weighted by Crippen LogP contribution is -2.36. The van der Waals surface area contributed by atoms with E-state index >= 15 is 0 Å². The number of hydrogen-bond acceptors (Lipinski definition) is 3. The third-order valence-corrected chi connectivity index (χ3v) is 3.05. The van der Waals surface area contributed by atoms with Gasteiger partial charge in [-0.2, -0.15) is 0 Å². The summed E-state index contributed by atoms with van der Waals surface area (Å²) >= 11 is 0. The van der Waals surface area contributed by atoms with Crippen LogP contribution in [-0.4, -0.2) is 18.6 Å². The highest BCUT2D eigenvalue weighted by molar-refractivity contribution is 5.77. The lowest BCUT2D eigenvalue weighted by atomic mass is 10.1. The van der Waals surface area contributed by atoms with Gasteiger partial charge in [0, 0.05) is 17.8 Å². The predicted octanol–water partition coefficient (Wildman–Crippen LogP) is 2.57. The summed E-state index contributed by atoms with van der Waals surface area (Å²) in [5, 5.41) is 2.90. The molecular formula is C15H24N2O2. The Kier molecular flexibility index (Phi) is 5.67. The topological polar surface area (TPSA) is 64.3 Å². The van der Waals surface area contributed by atoms with Crippen molar-refractivity contribution in [2.24, 2.45) is 0 Å². The minimum absolute atomic E-state index is 0.0252. The quantitative estimate of drug-likeness (QED) is 0.776. The fourth-order valence-corrected chi connectivity index (χ4v) is 1.97. The fraction of sp³-hybridized carbons (Fsp3) is 0.533. The van der Waals surface area contributed by atoms with Gasteiger partial charge in [-0.25, -0.2) is 0 Å². The van der Waals surface area contributed by atoms with Gasteiger partial charge in [-0.15, -0.1) is 0 Å². The summed E-state index contributed by atoms with van der Waals surface area (Å²) in [4.78, 5) is 11.7. The monoisotopic (exact) mass is 264 g/mol. The van der Waals surface area contributed by atoms with Gasteiger partial charge in [0.2, 0.25) is 0 Å². The first kappa shape index (κ1) is 15.3. The molecule has 1 aromatic carbocycles. The van der Waals surface area contributed by atoms with Gasteiger partial charge in [0.1, 0.15) is 5.75 Å². The maximum absolute atomic E-state index is 11.7. The van der Waals surface area contributed by atoms with Crippen LogP contribution in [0.1, 0.15) is 37.8 Å². The van der Waals surface area contributed by atoms with E-state index in [1.807, 2.05) is 26.8 Å². The fourth-order valence-electron chi connectivity index (χ4n) is 1.97. The number of anilines is 1.